The van der Waals surface area contributed by atoms with Gasteiger partial charge in [0.05, 0.1) is 6.21 Å². The molecule has 1 amide bonds. The van der Waals surface area contributed by atoms with Crippen LogP contribution in [0.25, 0.3) is 22.2 Å². The third-order valence-electron chi connectivity index (χ3n) is 4.37. The highest BCUT2D eigenvalue weighted by Crippen LogP contribution is 2.32. The second-order valence-corrected chi connectivity index (χ2v) is 6.14. The molecule has 1 aliphatic rings. The van der Waals surface area contributed by atoms with Gasteiger partial charge in [-0.15, -0.1) is 0 Å². The molecule has 0 atom stereocenters. The van der Waals surface area contributed by atoms with Crippen molar-refractivity contribution in [3.63, 3.8) is 0 Å². The van der Waals surface area contributed by atoms with Crippen LogP contribution in [0.1, 0.15) is 16.1 Å². The van der Waals surface area contributed by atoms with Gasteiger partial charge in [0, 0.05) is 28.7 Å². The van der Waals surface area contributed by atoms with Crippen molar-refractivity contribution >= 4 is 23.0 Å². The van der Waals surface area contributed by atoms with E-state index in [0.717, 1.165) is 22.0 Å². The Morgan fingerprint density at radius 3 is 3.00 bits per heavy atom. The number of carbonyl (C=O) groups is 1. The monoisotopic (exact) mass is 374 g/mol. The molecule has 5 rings (SSSR count). The zero-order chi connectivity index (χ0) is 18.9. The molecule has 28 heavy (non-hydrogen) atoms. The van der Waals surface area contributed by atoms with Gasteiger partial charge in [0.25, 0.3) is 5.91 Å². The standard InChI is InChI=1S/C20H14N4O4/c25-20(23-22-9-12-5-6-17-19(7-12)27-11-26-17)16-8-18(28-24-16)14-10-21-15-4-2-1-3-13(14)15/h1-10,21H,11H2,(H,23,25). The number of aromatic amines is 1. The van der Waals surface area contributed by atoms with Crippen LogP contribution in [-0.2, 0) is 0 Å². The van der Waals surface area contributed by atoms with E-state index in [4.69, 9.17) is 14.0 Å². The van der Waals surface area contributed by atoms with Crippen LogP contribution in [0.15, 0.2) is 64.4 Å². The number of hydrogen-bond donors (Lipinski definition) is 2. The van der Waals surface area contributed by atoms with Crippen molar-refractivity contribution in [1.29, 1.82) is 0 Å². The number of hydrogen-bond acceptors (Lipinski definition) is 6. The van der Waals surface area contributed by atoms with Gasteiger partial charge >= 0.3 is 0 Å². The molecule has 0 fully saturated rings. The smallest absolute Gasteiger partial charge is 0.293 e. The molecule has 0 bridgehead atoms. The Balaban J connectivity index is 1.30. The van der Waals surface area contributed by atoms with Gasteiger partial charge in [0.1, 0.15) is 0 Å². The van der Waals surface area contributed by atoms with Crippen molar-refractivity contribution in [3.8, 4) is 22.8 Å². The first kappa shape index (κ1) is 16.1. The molecule has 4 aromatic rings. The first-order valence-electron chi connectivity index (χ1n) is 8.54. The molecule has 3 heterocycles. The minimum atomic E-state index is -0.466. The second kappa shape index (κ2) is 6.58. The van der Waals surface area contributed by atoms with E-state index in [1.54, 1.807) is 18.2 Å². The van der Waals surface area contributed by atoms with Crippen LogP contribution in [0.3, 0.4) is 0 Å². The first-order valence-corrected chi connectivity index (χ1v) is 8.54. The van der Waals surface area contributed by atoms with Gasteiger partial charge in [-0.05, 0) is 29.8 Å². The molecule has 0 radical (unpaired) electrons. The Morgan fingerprint density at radius 1 is 1.14 bits per heavy atom. The summed E-state index contributed by atoms with van der Waals surface area (Å²) in [4.78, 5) is 15.4. The predicted molar refractivity (Wildman–Crippen MR) is 101 cm³/mol. The predicted octanol–water partition coefficient (Wildman–Crippen LogP) is 3.32. The van der Waals surface area contributed by atoms with E-state index in [-0.39, 0.29) is 12.5 Å². The minimum absolute atomic E-state index is 0.142. The summed E-state index contributed by atoms with van der Waals surface area (Å²) in [6.07, 6.45) is 3.34. The van der Waals surface area contributed by atoms with Crippen molar-refractivity contribution < 1.29 is 18.8 Å². The Labute approximate surface area is 158 Å². The van der Waals surface area contributed by atoms with E-state index in [2.05, 4.69) is 20.7 Å². The number of carbonyl (C=O) groups excluding carboxylic acids is 1. The highest BCUT2D eigenvalue weighted by atomic mass is 16.7. The molecule has 0 aliphatic carbocycles. The van der Waals surface area contributed by atoms with Crippen LogP contribution >= 0.6 is 0 Å². The van der Waals surface area contributed by atoms with Gasteiger partial charge < -0.3 is 19.0 Å². The molecule has 0 spiro atoms. The van der Waals surface area contributed by atoms with Crippen molar-refractivity contribution in [3.05, 3.63) is 66.0 Å². The quantitative estimate of drug-likeness (QED) is 0.421. The molecule has 8 nitrogen and oxygen atoms in total. The van der Waals surface area contributed by atoms with Crippen LogP contribution in [-0.4, -0.2) is 29.1 Å². The number of para-hydroxylation sites is 1. The molecule has 2 aromatic heterocycles. The molecule has 0 saturated heterocycles. The van der Waals surface area contributed by atoms with Gasteiger partial charge in [-0.25, -0.2) is 5.43 Å². The fourth-order valence-electron chi connectivity index (χ4n) is 3.00. The largest absolute Gasteiger partial charge is 0.454 e. The summed E-state index contributed by atoms with van der Waals surface area (Å²) in [5, 5.41) is 8.79. The van der Waals surface area contributed by atoms with Crippen LogP contribution < -0.4 is 14.9 Å². The van der Waals surface area contributed by atoms with E-state index in [1.807, 2.05) is 36.5 Å². The number of rotatable bonds is 4. The van der Waals surface area contributed by atoms with Crippen molar-refractivity contribution in [2.45, 2.75) is 0 Å². The Morgan fingerprint density at radius 2 is 2.04 bits per heavy atom. The normalized spacial score (nSPS) is 12.7. The van der Waals surface area contributed by atoms with E-state index < -0.39 is 5.91 Å². The topological polar surface area (TPSA) is 102 Å². The molecule has 138 valence electrons. The van der Waals surface area contributed by atoms with Gasteiger partial charge in [0.2, 0.25) is 6.79 Å². The Kier molecular flexibility index (Phi) is 3.79. The number of nitrogens with zero attached hydrogens (tertiary/aromatic N) is 2. The minimum Gasteiger partial charge on any atom is -0.454 e. The summed E-state index contributed by atoms with van der Waals surface area (Å²) in [6, 6.07) is 14.8. The highest BCUT2D eigenvalue weighted by molar-refractivity contribution is 5.97. The highest BCUT2D eigenvalue weighted by Gasteiger charge is 2.16. The van der Waals surface area contributed by atoms with Crippen molar-refractivity contribution in [2.75, 3.05) is 6.79 Å². The van der Waals surface area contributed by atoms with E-state index in [1.165, 1.54) is 6.21 Å². The van der Waals surface area contributed by atoms with E-state index in [0.29, 0.717) is 17.3 Å². The number of ether oxygens (including phenoxy) is 2. The summed E-state index contributed by atoms with van der Waals surface area (Å²) in [7, 11) is 0. The fourth-order valence-corrected chi connectivity index (χ4v) is 3.00. The average Bonchev–Trinajstić information content (AvgIpc) is 3.45. The first-order chi connectivity index (χ1) is 13.8. The van der Waals surface area contributed by atoms with Crippen LogP contribution in [0.4, 0.5) is 0 Å². The van der Waals surface area contributed by atoms with Gasteiger partial charge in [0.15, 0.2) is 23.0 Å². The number of aromatic nitrogens is 2. The molecular weight excluding hydrogens is 360 g/mol. The van der Waals surface area contributed by atoms with Gasteiger partial charge in [-0.3, -0.25) is 4.79 Å². The number of hydrazone groups is 1. The van der Waals surface area contributed by atoms with Crippen LogP contribution in [0.2, 0.25) is 0 Å². The number of benzene rings is 2. The third-order valence-corrected chi connectivity index (χ3v) is 4.37. The summed E-state index contributed by atoms with van der Waals surface area (Å²) < 4.78 is 15.9. The second-order valence-electron chi connectivity index (χ2n) is 6.14. The maximum Gasteiger partial charge on any atom is 0.293 e. The fraction of sp³-hybridized carbons (Fsp3) is 0.0500. The zero-order valence-electron chi connectivity index (χ0n) is 14.5. The Hall–Kier alpha value is -4.07. The zero-order valence-corrected chi connectivity index (χ0v) is 14.5. The molecule has 1 aliphatic heterocycles. The Bertz CT molecular complexity index is 1210. The number of amides is 1. The summed E-state index contributed by atoms with van der Waals surface area (Å²) >= 11 is 0. The molecule has 0 saturated carbocycles. The van der Waals surface area contributed by atoms with Gasteiger partial charge in [-0.1, -0.05) is 23.4 Å². The lowest BCUT2D eigenvalue weighted by Gasteiger charge is -1.97. The third kappa shape index (κ3) is 2.86. The molecule has 2 N–H and O–H groups in total. The van der Waals surface area contributed by atoms with E-state index >= 15 is 0 Å². The maximum absolute atomic E-state index is 12.3. The maximum atomic E-state index is 12.3. The van der Waals surface area contributed by atoms with E-state index in [9.17, 15) is 4.79 Å². The average molecular weight is 374 g/mol. The summed E-state index contributed by atoms with van der Waals surface area (Å²) in [5.74, 6) is 1.37. The SMILES string of the molecule is O=C(NN=Cc1ccc2c(c1)OCO2)c1cc(-c2c[nH]c3ccccc23)on1. The summed E-state index contributed by atoms with van der Waals surface area (Å²) in [5.41, 5.74) is 5.17. The van der Waals surface area contributed by atoms with Crippen LogP contribution in [0.5, 0.6) is 11.5 Å². The van der Waals surface area contributed by atoms with Gasteiger partial charge in [-0.2, -0.15) is 5.10 Å². The number of H-pyrrole nitrogens is 1. The lowest BCUT2D eigenvalue weighted by molar-refractivity contribution is 0.0946. The number of nitrogens with one attached hydrogen (secondary N) is 2. The molecule has 2 aromatic carbocycles. The summed E-state index contributed by atoms with van der Waals surface area (Å²) in [6.45, 7) is 0.206. The number of fused-ring (bicyclic) bond motifs is 2. The van der Waals surface area contributed by atoms with Crippen molar-refractivity contribution in [2.24, 2.45) is 5.10 Å². The van der Waals surface area contributed by atoms with Crippen molar-refractivity contribution in [1.82, 2.24) is 15.6 Å². The molecular formula is C20H14N4O4. The molecule has 0 unspecified atom stereocenters. The lowest BCUT2D eigenvalue weighted by Crippen LogP contribution is -2.17. The lowest BCUT2D eigenvalue weighted by atomic mass is 10.1. The molecule has 8 heteroatoms. The van der Waals surface area contributed by atoms with Crippen LogP contribution in [0, 0.1) is 0 Å².